The lowest BCUT2D eigenvalue weighted by atomic mass is 10.0. The monoisotopic (exact) mass is 271 g/mol. The molecule has 0 amide bonds. The van der Waals surface area contributed by atoms with Crippen molar-refractivity contribution < 1.29 is 14.2 Å². The minimum absolute atomic E-state index is 0.0160. The molecule has 2 N–H and O–H groups in total. The van der Waals surface area contributed by atoms with Gasteiger partial charge in [0.25, 0.3) is 0 Å². The molecule has 0 fully saturated rings. The Labute approximate surface area is 111 Å². The summed E-state index contributed by atoms with van der Waals surface area (Å²) in [6, 6.07) is 5.15. The van der Waals surface area contributed by atoms with E-state index in [1.807, 2.05) is 6.07 Å². The summed E-state index contributed by atoms with van der Waals surface area (Å²) in [4.78, 5) is 0.732. The number of aliphatic hydroxyl groups excluding tert-OH is 1. The topological polar surface area (TPSA) is 41.5 Å². The third-order valence-corrected chi connectivity index (χ3v) is 4.21. The van der Waals surface area contributed by atoms with Crippen molar-refractivity contribution >= 4 is 11.8 Å². The zero-order chi connectivity index (χ0) is 13.0. The highest BCUT2D eigenvalue weighted by molar-refractivity contribution is 7.99. The molecule has 1 aliphatic heterocycles. The molecular weight excluding hydrogens is 253 g/mol. The Hall–Kier alpha value is -0.620. The molecule has 18 heavy (non-hydrogen) atoms. The fraction of sp³-hybridized carbons (Fsp3) is 0.538. The maximum Gasteiger partial charge on any atom is 0.137 e. The number of nitrogens with one attached hydrogen (secondary N) is 1. The fourth-order valence-corrected chi connectivity index (χ4v) is 3.34. The van der Waals surface area contributed by atoms with Crippen molar-refractivity contribution in [3.05, 3.63) is 29.6 Å². The highest BCUT2D eigenvalue weighted by Crippen LogP contribution is 2.37. The Morgan fingerprint density at radius 2 is 2.44 bits per heavy atom. The van der Waals surface area contributed by atoms with Crippen LogP contribution in [0.2, 0.25) is 0 Å². The van der Waals surface area contributed by atoms with Crippen molar-refractivity contribution in [3.63, 3.8) is 0 Å². The Bertz CT molecular complexity index is 403. The molecule has 3 nitrogen and oxygen atoms in total. The van der Waals surface area contributed by atoms with E-state index in [1.54, 1.807) is 24.9 Å². The first-order valence-corrected chi connectivity index (χ1v) is 7.02. The van der Waals surface area contributed by atoms with Crippen LogP contribution in [0.25, 0.3) is 0 Å². The number of benzene rings is 1. The van der Waals surface area contributed by atoms with Gasteiger partial charge in [-0.3, -0.25) is 0 Å². The summed E-state index contributed by atoms with van der Waals surface area (Å²) in [6.45, 7) is 0.465. The quantitative estimate of drug-likeness (QED) is 0.859. The van der Waals surface area contributed by atoms with Gasteiger partial charge in [0.05, 0.1) is 19.3 Å². The molecule has 2 rings (SSSR count). The fourth-order valence-electron chi connectivity index (χ4n) is 2.20. The van der Waals surface area contributed by atoms with E-state index >= 15 is 0 Å². The van der Waals surface area contributed by atoms with Gasteiger partial charge >= 0.3 is 0 Å². The molecule has 5 heteroatoms. The molecule has 0 spiro atoms. The molecule has 0 bridgehead atoms. The van der Waals surface area contributed by atoms with Crippen LogP contribution in [0.1, 0.15) is 18.0 Å². The number of halogens is 1. The molecule has 0 aromatic heterocycles. The highest BCUT2D eigenvalue weighted by Gasteiger charge is 2.24. The standard InChI is InChI=1S/C13H18FNO2S/c1-17-8-9(7-16)15-12-5-6-18-13-10(12)3-2-4-11(13)14/h2-4,9,12,15-16H,5-8H2,1H3. The number of hydrogen-bond donors (Lipinski definition) is 2. The SMILES string of the molecule is COCC(CO)NC1CCSc2c(F)cccc21. The van der Waals surface area contributed by atoms with E-state index < -0.39 is 0 Å². The molecular formula is C13H18FNO2S. The smallest absolute Gasteiger partial charge is 0.137 e. The third-order valence-electron chi connectivity index (χ3n) is 3.05. The maximum atomic E-state index is 13.7. The van der Waals surface area contributed by atoms with Crippen molar-refractivity contribution in [2.24, 2.45) is 0 Å². The van der Waals surface area contributed by atoms with E-state index in [0.717, 1.165) is 22.6 Å². The minimum Gasteiger partial charge on any atom is -0.395 e. The van der Waals surface area contributed by atoms with E-state index in [4.69, 9.17) is 4.74 Å². The van der Waals surface area contributed by atoms with Crippen LogP contribution in [-0.4, -0.2) is 37.2 Å². The van der Waals surface area contributed by atoms with E-state index in [2.05, 4.69) is 5.32 Å². The second-order valence-corrected chi connectivity index (χ2v) is 5.45. The molecule has 1 heterocycles. The summed E-state index contributed by atoms with van der Waals surface area (Å²) in [5, 5.41) is 12.6. The lowest BCUT2D eigenvalue weighted by Crippen LogP contribution is -2.40. The highest BCUT2D eigenvalue weighted by atomic mass is 32.2. The first-order valence-electron chi connectivity index (χ1n) is 6.03. The van der Waals surface area contributed by atoms with Gasteiger partial charge in [-0.15, -0.1) is 11.8 Å². The summed E-state index contributed by atoms with van der Waals surface area (Å²) in [5.74, 6) is 0.729. The van der Waals surface area contributed by atoms with Crippen LogP contribution in [0.15, 0.2) is 23.1 Å². The number of fused-ring (bicyclic) bond motifs is 1. The van der Waals surface area contributed by atoms with Crippen molar-refractivity contribution in [3.8, 4) is 0 Å². The summed E-state index contributed by atoms with van der Waals surface area (Å²) < 4.78 is 18.7. The number of ether oxygens (including phenoxy) is 1. The summed E-state index contributed by atoms with van der Waals surface area (Å²) >= 11 is 1.56. The Morgan fingerprint density at radius 1 is 1.61 bits per heavy atom. The van der Waals surface area contributed by atoms with Gasteiger partial charge in [-0.2, -0.15) is 0 Å². The lowest BCUT2D eigenvalue weighted by molar-refractivity contribution is 0.121. The summed E-state index contributed by atoms with van der Waals surface area (Å²) in [6.07, 6.45) is 0.932. The Morgan fingerprint density at radius 3 is 3.17 bits per heavy atom. The van der Waals surface area contributed by atoms with Crippen LogP contribution in [0.3, 0.4) is 0 Å². The van der Waals surface area contributed by atoms with Crippen LogP contribution >= 0.6 is 11.8 Å². The van der Waals surface area contributed by atoms with E-state index in [-0.39, 0.29) is 24.5 Å². The molecule has 2 unspecified atom stereocenters. The number of methoxy groups -OCH3 is 1. The van der Waals surface area contributed by atoms with Crippen LogP contribution in [-0.2, 0) is 4.74 Å². The first-order chi connectivity index (χ1) is 8.76. The molecule has 0 saturated heterocycles. The predicted molar refractivity (Wildman–Crippen MR) is 70.4 cm³/mol. The molecule has 100 valence electrons. The van der Waals surface area contributed by atoms with Crippen molar-refractivity contribution in [1.29, 1.82) is 0 Å². The second-order valence-electron chi connectivity index (χ2n) is 4.35. The van der Waals surface area contributed by atoms with E-state index in [9.17, 15) is 9.50 Å². The summed E-state index contributed by atoms with van der Waals surface area (Å²) in [5.41, 5.74) is 0.987. The summed E-state index contributed by atoms with van der Waals surface area (Å²) in [7, 11) is 1.61. The number of thioether (sulfide) groups is 1. The average molecular weight is 271 g/mol. The van der Waals surface area contributed by atoms with E-state index in [1.165, 1.54) is 6.07 Å². The zero-order valence-corrected chi connectivity index (χ0v) is 11.2. The number of aliphatic hydroxyl groups is 1. The largest absolute Gasteiger partial charge is 0.395 e. The van der Waals surface area contributed by atoms with Gasteiger partial charge in [0.1, 0.15) is 5.82 Å². The zero-order valence-electron chi connectivity index (χ0n) is 10.4. The van der Waals surface area contributed by atoms with Gasteiger partial charge < -0.3 is 15.2 Å². The van der Waals surface area contributed by atoms with Crippen LogP contribution in [0.5, 0.6) is 0 Å². The Kier molecular flexibility index (Phi) is 5.00. The second kappa shape index (κ2) is 6.52. The van der Waals surface area contributed by atoms with Crippen molar-refractivity contribution in [2.45, 2.75) is 23.4 Å². The van der Waals surface area contributed by atoms with Gasteiger partial charge in [0.15, 0.2) is 0 Å². The average Bonchev–Trinajstić information content (AvgIpc) is 2.39. The molecule has 0 aliphatic carbocycles. The van der Waals surface area contributed by atoms with Crippen LogP contribution in [0, 0.1) is 5.82 Å². The number of rotatable bonds is 5. The Balaban J connectivity index is 2.14. The molecule has 0 radical (unpaired) electrons. The number of hydrogen-bond acceptors (Lipinski definition) is 4. The van der Waals surface area contributed by atoms with Gasteiger partial charge in [0, 0.05) is 18.0 Å². The minimum atomic E-state index is -0.156. The van der Waals surface area contributed by atoms with Gasteiger partial charge in [-0.25, -0.2) is 4.39 Å². The third kappa shape index (κ3) is 3.03. The van der Waals surface area contributed by atoms with Gasteiger partial charge in [0.2, 0.25) is 0 Å². The lowest BCUT2D eigenvalue weighted by Gasteiger charge is -2.29. The van der Waals surface area contributed by atoms with E-state index in [0.29, 0.717) is 6.61 Å². The normalized spacial score (nSPS) is 20.5. The van der Waals surface area contributed by atoms with Crippen LogP contribution < -0.4 is 5.32 Å². The first kappa shape index (κ1) is 13.8. The van der Waals surface area contributed by atoms with Crippen LogP contribution in [0.4, 0.5) is 4.39 Å². The van der Waals surface area contributed by atoms with Gasteiger partial charge in [-0.1, -0.05) is 12.1 Å². The molecule has 0 saturated carbocycles. The predicted octanol–water partition coefficient (Wildman–Crippen LogP) is 1.96. The molecule has 1 aromatic carbocycles. The van der Waals surface area contributed by atoms with Crippen molar-refractivity contribution in [1.82, 2.24) is 5.32 Å². The molecule has 1 aromatic rings. The molecule has 1 aliphatic rings. The molecule has 2 atom stereocenters. The maximum absolute atomic E-state index is 13.7. The van der Waals surface area contributed by atoms with Crippen molar-refractivity contribution in [2.75, 3.05) is 26.1 Å². The van der Waals surface area contributed by atoms with Gasteiger partial charge in [-0.05, 0) is 23.8 Å².